The molecule has 3 amide bonds. The SMILES string of the molecule is COc1ccccc1CN1CCC(=CC2=C(C(=O)O)N3C(=O)[C@@H](NC(=O)C(=NO)c4csc(N)n4)[C@H]3SC2)C1=O. The molecular formula is C25H24N6O7S2. The second-order valence-corrected chi connectivity index (χ2v) is 11.0. The zero-order chi connectivity index (χ0) is 28.6. The first-order valence-electron chi connectivity index (χ1n) is 12.0. The number of para-hydroxylation sites is 1. The number of carbonyl (C=O) groups excluding carboxylic acids is 3. The number of nitrogens with one attached hydrogen (secondary N) is 1. The average molecular weight is 585 g/mol. The molecule has 0 saturated carbocycles. The smallest absolute Gasteiger partial charge is 0.352 e. The Morgan fingerprint density at radius 3 is 2.77 bits per heavy atom. The second kappa shape index (κ2) is 11.0. The Morgan fingerprint density at radius 2 is 2.10 bits per heavy atom. The van der Waals surface area contributed by atoms with Crippen LogP contribution in [0.2, 0.25) is 0 Å². The Labute approximate surface area is 236 Å². The second-order valence-electron chi connectivity index (χ2n) is 9.02. The van der Waals surface area contributed by atoms with Gasteiger partial charge in [-0.1, -0.05) is 23.4 Å². The standard InChI is InChI=1S/C25H24N6O7S2/c1-38-16-5-3-2-4-13(16)9-30-7-6-12(21(30)33)8-14-10-39-23-18(22(34)31(23)19(14)24(35)36)28-20(32)17(29-37)15-11-40-25(26)27-15/h2-5,8,11,18,23,37H,6-7,9-10H2,1H3,(H2,26,27)(H,28,32)(H,35,36)/t18-,23-/m1/s1. The number of methoxy groups -OCH3 is 1. The first-order chi connectivity index (χ1) is 19.2. The summed E-state index contributed by atoms with van der Waals surface area (Å²) < 4.78 is 5.38. The lowest BCUT2D eigenvalue weighted by atomic mass is 10.0. The Hall–Kier alpha value is -4.37. The number of likely N-dealkylation sites (tertiary alicyclic amines) is 1. The van der Waals surface area contributed by atoms with Gasteiger partial charge in [-0.3, -0.25) is 19.3 Å². The molecule has 2 atom stereocenters. The number of carbonyl (C=O) groups is 4. The number of benzene rings is 1. The van der Waals surface area contributed by atoms with E-state index in [1.165, 1.54) is 17.1 Å². The minimum atomic E-state index is -1.32. The van der Waals surface area contributed by atoms with E-state index in [0.29, 0.717) is 36.4 Å². The van der Waals surface area contributed by atoms with Gasteiger partial charge < -0.3 is 31.0 Å². The van der Waals surface area contributed by atoms with Gasteiger partial charge in [-0.05, 0) is 24.1 Å². The van der Waals surface area contributed by atoms with Crippen LogP contribution in [0.5, 0.6) is 5.75 Å². The molecule has 13 nitrogen and oxygen atoms in total. The fourth-order valence-corrected chi connectivity index (χ4v) is 6.63. The minimum Gasteiger partial charge on any atom is -0.496 e. The molecular weight excluding hydrogens is 560 g/mol. The maximum Gasteiger partial charge on any atom is 0.352 e. The molecule has 15 heteroatoms. The summed E-state index contributed by atoms with van der Waals surface area (Å²) in [5.74, 6) is -2.15. The van der Waals surface area contributed by atoms with Crippen molar-refractivity contribution in [1.82, 2.24) is 20.1 Å². The number of nitrogen functional groups attached to an aromatic ring is 1. The molecule has 0 radical (unpaired) electrons. The molecule has 208 valence electrons. The highest BCUT2D eigenvalue weighted by molar-refractivity contribution is 8.00. The molecule has 0 bridgehead atoms. The highest BCUT2D eigenvalue weighted by atomic mass is 32.2. The predicted molar refractivity (Wildman–Crippen MR) is 146 cm³/mol. The number of fused-ring (bicyclic) bond motifs is 1. The van der Waals surface area contributed by atoms with Crippen LogP contribution in [0, 0.1) is 0 Å². The molecule has 1 aromatic carbocycles. The Balaban J connectivity index is 1.32. The number of nitrogens with two attached hydrogens (primary N) is 1. The molecule has 3 aliphatic rings. The molecule has 5 N–H and O–H groups in total. The predicted octanol–water partition coefficient (Wildman–Crippen LogP) is 1.01. The van der Waals surface area contributed by atoms with E-state index < -0.39 is 34.9 Å². The third kappa shape index (κ3) is 4.88. The number of anilines is 1. The number of allylic oxidation sites excluding steroid dienone is 1. The van der Waals surface area contributed by atoms with Gasteiger partial charge in [-0.25, -0.2) is 9.78 Å². The summed E-state index contributed by atoms with van der Waals surface area (Å²) in [5.41, 5.74) is 6.62. The lowest BCUT2D eigenvalue weighted by Gasteiger charge is -2.49. The first kappa shape index (κ1) is 27.2. The van der Waals surface area contributed by atoms with Crippen molar-refractivity contribution in [1.29, 1.82) is 0 Å². The van der Waals surface area contributed by atoms with E-state index in [2.05, 4.69) is 15.5 Å². The highest BCUT2D eigenvalue weighted by Gasteiger charge is 2.54. The van der Waals surface area contributed by atoms with Crippen molar-refractivity contribution in [2.24, 2.45) is 5.16 Å². The van der Waals surface area contributed by atoms with Crippen LogP contribution in [0.4, 0.5) is 5.13 Å². The van der Waals surface area contributed by atoms with Crippen molar-refractivity contribution in [3.8, 4) is 5.75 Å². The van der Waals surface area contributed by atoms with Crippen molar-refractivity contribution in [2.75, 3.05) is 25.1 Å². The van der Waals surface area contributed by atoms with Gasteiger partial charge in [0.15, 0.2) is 10.8 Å². The molecule has 40 heavy (non-hydrogen) atoms. The quantitative estimate of drug-likeness (QED) is 0.115. The third-order valence-corrected chi connectivity index (χ3v) is 8.66. The van der Waals surface area contributed by atoms with Gasteiger partial charge in [0.1, 0.15) is 28.6 Å². The van der Waals surface area contributed by atoms with Crippen molar-refractivity contribution >= 4 is 57.6 Å². The van der Waals surface area contributed by atoms with Crippen LogP contribution in [-0.2, 0) is 25.7 Å². The van der Waals surface area contributed by atoms with E-state index in [1.54, 1.807) is 18.1 Å². The lowest BCUT2D eigenvalue weighted by molar-refractivity contribution is -0.150. The lowest BCUT2D eigenvalue weighted by Crippen LogP contribution is -2.71. The summed E-state index contributed by atoms with van der Waals surface area (Å²) in [6.45, 7) is 0.810. The zero-order valence-electron chi connectivity index (χ0n) is 21.1. The van der Waals surface area contributed by atoms with Crippen molar-refractivity contribution in [3.05, 3.63) is 63.8 Å². The molecule has 0 spiro atoms. The number of amides is 3. The van der Waals surface area contributed by atoms with Gasteiger partial charge in [-0.15, -0.1) is 23.1 Å². The molecule has 1 aromatic heterocycles. The highest BCUT2D eigenvalue weighted by Crippen LogP contribution is 2.41. The number of oxime groups is 1. The Morgan fingerprint density at radius 1 is 1.32 bits per heavy atom. The Bertz CT molecular complexity index is 1500. The number of carboxylic acids is 1. The third-order valence-electron chi connectivity index (χ3n) is 6.68. The van der Waals surface area contributed by atoms with Gasteiger partial charge in [0, 0.05) is 35.4 Å². The van der Waals surface area contributed by atoms with Crippen molar-refractivity contribution in [2.45, 2.75) is 24.4 Å². The minimum absolute atomic E-state index is 0.0449. The maximum absolute atomic E-state index is 13.1. The monoisotopic (exact) mass is 584 g/mol. The number of thiazole rings is 1. The van der Waals surface area contributed by atoms with E-state index in [1.807, 2.05) is 24.3 Å². The number of rotatable bonds is 8. The molecule has 0 aliphatic carbocycles. The fourth-order valence-electron chi connectivity index (χ4n) is 4.77. The molecule has 2 fully saturated rings. The summed E-state index contributed by atoms with van der Waals surface area (Å²) in [5, 5.41) is 25.7. The largest absolute Gasteiger partial charge is 0.496 e. The van der Waals surface area contributed by atoms with Gasteiger partial charge in [0.2, 0.25) is 5.91 Å². The van der Waals surface area contributed by atoms with Crippen molar-refractivity contribution in [3.63, 3.8) is 0 Å². The first-order valence-corrected chi connectivity index (χ1v) is 13.9. The number of carboxylic acid groups (broad SMARTS) is 1. The van der Waals surface area contributed by atoms with E-state index in [9.17, 15) is 29.5 Å². The van der Waals surface area contributed by atoms with Gasteiger partial charge in [0.25, 0.3) is 11.8 Å². The number of ether oxygens (including phenoxy) is 1. The van der Waals surface area contributed by atoms with E-state index in [4.69, 9.17) is 10.5 Å². The number of aromatic nitrogens is 1. The summed E-state index contributed by atoms with van der Waals surface area (Å²) in [7, 11) is 1.56. The fraction of sp³-hybridized carbons (Fsp3) is 0.280. The van der Waals surface area contributed by atoms with Gasteiger partial charge in [-0.2, -0.15) is 0 Å². The topological polar surface area (TPSA) is 188 Å². The number of nitrogens with zero attached hydrogens (tertiary/aromatic N) is 4. The Kier molecular flexibility index (Phi) is 7.49. The van der Waals surface area contributed by atoms with E-state index >= 15 is 0 Å². The molecule has 0 unspecified atom stereocenters. The van der Waals surface area contributed by atoms with Crippen LogP contribution in [0.15, 0.2) is 57.7 Å². The van der Waals surface area contributed by atoms with Crippen LogP contribution in [0.3, 0.4) is 0 Å². The van der Waals surface area contributed by atoms with Gasteiger partial charge >= 0.3 is 5.97 Å². The normalized spacial score (nSPS) is 21.9. The van der Waals surface area contributed by atoms with E-state index in [0.717, 1.165) is 21.8 Å². The van der Waals surface area contributed by atoms with Crippen LogP contribution in [0.25, 0.3) is 0 Å². The summed E-state index contributed by atoms with van der Waals surface area (Å²) >= 11 is 2.30. The number of β-lactam (4-membered cyclic amide) rings is 1. The molecule has 4 heterocycles. The van der Waals surface area contributed by atoms with Crippen molar-refractivity contribution < 1.29 is 34.2 Å². The number of thioether (sulfide) groups is 1. The van der Waals surface area contributed by atoms with E-state index in [-0.39, 0.29) is 28.2 Å². The number of hydrogen-bond acceptors (Lipinski definition) is 11. The molecule has 2 aromatic rings. The zero-order valence-corrected chi connectivity index (χ0v) is 22.7. The summed E-state index contributed by atoms with van der Waals surface area (Å²) in [4.78, 5) is 57.8. The molecule has 2 saturated heterocycles. The number of hydrogen-bond donors (Lipinski definition) is 4. The summed E-state index contributed by atoms with van der Waals surface area (Å²) in [6.07, 6.45) is 1.98. The van der Waals surface area contributed by atoms with Gasteiger partial charge in [0.05, 0.1) is 7.11 Å². The summed E-state index contributed by atoms with van der Waals surface area (Å²) in [6, 6.07) is 6.36. The van der Waals surface area contributed by atoms with Crippen LogP contribution in [0.1, 0.15) is 17.7 Å². The number of aliphatic carboxylic acids is 1. The van der Waals surface area contributed by atoms with Crippen LogP contribution in [-0.4, -0.2) is 85.3 Å². The molecule has 5 rings (SSSR count). The average Bonchev–Trinajstić information content (AvgIpc) is 3.52. The maximum atomic E-state index is 13.1. The molecule has 3 aliphatic heterocycles. The van der Waals surface area contributed by atoms with Crippen LogP contribution >= 0.6 is 23.1 Å². The van der Waals surface area contributed by atoms with Crippen LogP contribution < -0.4 is 15.8 Å².